The Morgan fingerprint density at radius 2 is 2.11 bits per heavy atom. The second kappa shape index (κ2) is 5.65. The Bertz CT molecular complexity index is 381. The van der Waals surface area contributed by atoms with E-state index in [4.69, 9.17) is 14.5 Å². The summed E-state index contributed by atoms with van der Waals surface area (Å²) in [5, 5.41) is 6.68. The van der Waals surface area contributed by atoms with Crippen molar-refractivity contribution in [2.45, 2.75) is 45.4 Å². The van der Waals surface area contributed by atoms with Crippen molar-refractivity contribution in [2.24, 2.45) is 0 Å². The Hall–Kier alpha value is -0.490. The number of nitrogens with zero attached hydrogens (tertiary/aromatic N) is 1. The third-order valence-electron chi connectivity index (χ3n) is 2.94. The second-order valence-electron chi connectivity index (χ2n) is 5.62. The highest BCUT2D eigenvalue weighted by Crippen LogP contribution is 2.26. The highest BCUT2D eigenvalue weighted by molar-refractivity contribution is 7.09. The third-order valence-corrected chi connectivity index (χ3v) is 3.97. The summed E-state index contributed by atoms with van der Waals surface area (Å²) in [5.74, 6) is 0. The van der Waals surface area contributed by atoms with Gasteiger partial charge in [0.2, 0.25) is 0 Å². The van der Waals surface area contributed by atoms with Gasteiger partial charge in [-0.05, 0) is 6.92 Å². The summed E-state index contributed by atoms with van der Waals surface area (Å²) in [6, 6.07) is 0.235. The van der Waals surface area contributed by atoms with E-state index in [0.29, 0.717) is 19.8 Å². The highest BCUT2D eigenvalue weighted by Gasteiger charge is 2.21. The van der Waals surface area contributed by atoms with Crippen LogP contribution in [0, 0.1) is 0 Å². The Morgan fingerprint density at radius 1 is 1.44 bits per heavy atom. The predicted molar refractivity (Wildman–Crippen MR) is 72.9 cm³/mol. The molecule has 0 radical (unpaired) electrons. The molecule has 102 valence electrons. The van der Waals surface area contributed by atoms with Crippen LogP contribution in [0.2, 0.25) is 0 Å². The normalized spacial score (nSPS) is 19.3. The minimum atomic E-state index is -0.102. The third kappa shape index (κ3) is 3.51. The molecule has 5 heteroatoms. The van der Waals surface area contributed by atoms with Gasteiger partial charge in [-0.25, -0.2) is 4.98 Å². The zero-order chi connectivity index (χ0) is 13.2. The molecular weight excluding hydrogens is 248 g/mol. The lowest BCUT2D eigenvalue weighted by Crippen LogP contribution is -2.29. The number of ether oxygens (including phenoxy) is 2. The Labute approximate surface area is 113 Å². The van der Waals surface area contributed by atoms with Crippen molar-refractivity contribution in [1.29, 1.82) is 0 Å². The first-order valence-corrected chi connectivity index (χ1v) is 7.27. The number of nitrogens with one attached hydrogen (secondary N) is 1. The molecule has 2 heterocycles. The molecule has 1 atom stereocenters. The topological polar surface area (TPSA) is 43.4 Å². The van der Waals surface area contributed by atoms with E-state index in [0.717, 1.165) is 10.7 Å². The first-order valence-electron chi connectivity index (χ1n) is 6.39. The van der Waals surface area contributed by atoms with Gasteiger partial charge in [-0.2, -0.15) is 0 Å². The maximum atomic E-state index is 5.40. The van der Waals surface area contributed by atoms with Gasteiger partial charge in [0.05, 0.1) is 24.9 Å². The fraction of sp³-hybridized carbons (Fsp3) is 0.769. The summed E-state index contributed by atoms with van der Waals surface area (Å²) >= 11 is 1.71. The van der Waals surface area contributed by atoms with Crippen LogP contribution < -0.4 is 5.32 Å². The number of rotatable bonds is 4. The fourth-order valence-corrected chi connectivity index (χ4v) is 2.79. The summed E-state index contributed by atoms with van der Waals surface area (Å²) < 4.78 is 10.8. The SMILES string of the molecule is CC(NCC1OCCO1)c1nc(C(C)(C)C)cs1. The Morgan fingerprint density at radius 3 is 2.67 bits per heavy atom. The number of hydrogen-bond donors (Lipinski definition) is 1. The van der Waals surface area contributed by atoms with E-state index in [1.807, 2.05) is 0 Å². The number of hydrogen-bond acceptors (Lipinski definition) is 5. The minimum absolute atomic E-state index is 0.102. The van der Waals surface area contributed by atoms with Crippen molar-refractivity contribution in [3.05, 3.63) is 16.1 Å². The zero-order valence-corrected chi connectivity index (χ0v) is 12.3. The molecule has 0 amide bonds. The quantitative estimate of drug-likeness (QED) is 0.912. The van der Waals surface area contributed by atoms with E-state index in [2.05, 4.69) is 38.4 Å². The lowest BCUT2D eigenvalue weighted by molar-refractivity contribution is -0.0403. The molecule has 1 aromatic heterocycles. The molecule has 0 aliphatic carbocycles. The summed E-state index contributed by atoms with van der Waals surface area (Å²) in [6.45, 7) is 10.8. The summed E-state index contributed by atoms with van der Waals surface area (Å²) in [6.07, 6.45) is -0.102. The average Bonchev–Trinajstić information content (AvgIpc) is 2.96. The standard InChI is InChI=1S/C13H22N2O2S/c1-9(14-7-11-16-5-6-17-11)12-15-10(8-18-12)13(2,3)4/h8-9,11,14H,5-7H2,1-4H3. The van der Waals surface area contributed by atoms with Crippen molar-refractivity contribution < 1.29 is 9.47 Å². The van der Waals surface area contributed by atoms with Crippen molar-refractivity contribution in [3.63, 3.8) is 0 Å². The van der Waals surface area contributed by atoms with Gasteiger partial charge >= 0.3 is 0 Å². The molecule has 1 saturated heterocycles. The number of aromatic nitrogens is 1. The molecule has 0 saturated carbocycles. The van der Waals surface area contributed by atoms with Crippen LogP contribution in [0.1, 0.15) is 44.4 Å². The van der Waals surface area contributed by atoms with Gasteiger partial charge in [0.15, 0.2) is 6.29 Å². The molecule has 18 heavy (non-hydrogen) atoms. The van der Waals surface area contributed by atoms with Gasteiger partial charge < -0.3 is 14.8 Å². The van der Waals surface area contributed by atoms with E-state index in [-0.39, 0.29) is 17.7 Å². The van der Waals surface area contributed by atoms with Crippen molar-refractivity contribution in [1.82, 2.24) is 10.3 Å². The van der Waals surface area contributed by atoms with Gasteiger partial charge in [0.1, 0.15) is 5.01 Å². The molecule has 1 N–H and O–H groups in total. The van der Waals surface area contributed by atoms with E-state index in [1.165, 1.54) is 0 Å². The molecule has 1 fully saturated rings. The second-order valence-corrected chi connectivity index (χ2v) is 6.51. The summed E-state index contributed by atoms with van der Waals surface area (Å²) in [7, 11) is 0. The summed E-state index contributed by atoms with van der Waals surface area (Å²) in [4.78, 5) is 4.70. The monoisotopic (exact) mass is 270 g/mol. The van der Waals surface area contributed by atoms with Gasteiger partial charge in [-0.1, -0.05) is 20.8 Å². The minimum Gasteiger partial charge on any atom is -0.349 e. The zero-order valence-electron chi connectivity index (χ0n) is 11.5. The van der Waals surface area contributed by atoms with Crippen LogP contribution in [0.25, 0.3) is 0 Å². The molecule has 1 aromatic rings. The van der Waals surface area contributed by atoms with Gasteiger partial charge in [0, 0.05) is 17.3 Å². The van der Waals surface area contributed by atoms with Crippen molar-refractivity contribution in [3.8, 4) is 0 Å². The molecule has 0 spiro atoms. The maximum Gasteiger partial charge on any atom is 0.170 e. The van der Waals surface area contributed by atoms with Crippen molar-refractivity contribution >= 4 is 11.3 Å². The molecule has 1 unspecified atom stereocenters. The molecular formula is C13H22N2O2S. The van der Waals surface area contributed by atoms with E-state index in [1.54, 1.807) is 11.3 Å². The van der Waals surface area contributed by atoms with Crippen LogP contribution >= 0.6 is 11.3 Å². The average molecular weight is 270 g/mol. The molecule has 2 rings (SSSR count). The molecule has 0 aromatic carbocycles. The van der Waals surface area contributed by atoms with Crippen LogP contribution in [0.4, 0.5) is 0 Å². The maximum absolute atomic E-state index is 5.40. The lowest BCUT2D eigenvalue weighted by Gasteiger charge is -2.16. The van der Waals surface area contributed by atoms with Crippen LogP contribution in [-0.4, -0.2) is 31.0 Å². The smallest absolute Gasteiger partial charge is 0.170 e. The summed E-state index contributed by atoms with van der Waals surface area (Å²) in [5.41, 5.74) is 1.27. The lowest BCUT2D eigenvalue weighted by atomic mass is 9.93. The molecule has 0 bridgehead atoms. The van der Waals surface area contributed by atoms with Gasteiger partial charge in [-0.15, -0.1) is 11.3 Å². The predicted octanol–water partition coefficient (Wildman–Crippen LogP) is 2.46. The first kappa shape index (κ1) is 13.9. The van der Waals surface area contributed by atoms with Crippen LogP contribution in [-0.2, 0) is 14.9 Å². The first-order chi connectivity index (χ1) is 8.47. The van der Waals surface area contributed by atoms with E-state index >= 15 is 0 Å². The van der Waals surface area contributed by atoms with Crippen LogP contribution in [0.3, 0.4) is 0 Å². The van der Waals surface area contributed by atoms with Gasteiger partial charge in [0.25, 0.3) is 0 Å². The fourth-order valence-electron chi connectivity index (χ4n) is 1.72. The van der Waals surface area contributed by atoms with Gasteiger partial charge in [-0.3, -0.25) is 0 Å². The van der Waals surface area contributed by atoms with Crippen LogP contribution in [0.15, 0.2) is 5.38 Å². The number of thiazole rings is 1. The molecule has 1 aliphatic rings. The van der Waals surface area contributed by atoms with E-state index < -0.39 is 0 Å². The largest absolute Gasteiger partial charge is 0.349 e. The highest BCUT2D eigenvalue weighted by atomic mass is 32.1. The van der Waals surface area contributed by atoms with Crippen LogP contribution in [0.5, 0.6) is 0 Å². The van der Waals surface area contributed by atoms with Crippen molar-refractivity contribution in [2.75, 3.05) is 19.8 Å². The van der Waals surface area contributed by atoms with E-state index in [9.17, 15) is 0 Å². The Kier molecular flexibility index (Phi) is 4.37. The Balaban J connectivity index is 1.88. The molecule has 1 aliphatic heterocycles. The molecule has 4 nitrogen and oxygen atoms in total.